The van der Waals surface area contributed by atoms with E-state index in [4.69, 9.17) is 14.2 Å². The van der Waals surface area contributed by atoms with Crippen LogP contribution in [0.15, 0.2) is 109 Å². The second kappa shape index (κ2) is 57.9. The smallest absolute Gasteiger partial charge is 0.306 e. The van der Waals surface area contributed by atoms with Crippen LogP contribution in [0.4, 0.5) is 0 Å². The van der Waals surface area contributed by atoms with Gasteiger partial charge >= 0.3 is 11.9 Å². The zero-order chi connectivity index (χ0) is 49.2. The first-order valence-corrected chi connectivity index (χ1v) is 28.4. The average Bonchev–Trinajstić information content (AvgIpc) is 3.34. The van der Waals surface area contributed by atoms with Crippen LogP contribution in [0.5, 0.6) is 0 Å². The summed E-state index contributed by atoms with van der Waals surface area (Å²) < 4.78 is 17.4. The summed E-state index contributed by atoms with van der Waals surface area (Å²) in [5, 5.41) is 0. The van der Waals surface area contributed by atoms with Crippen molar-refractivity contribution in [1.82, 2.24) is 0 Å². The zero-order valence-corrected chi connectivity index (χ0v) is 44.6. The van der Waals surface area contributed by atoms with Crippen molar-refractivity contribution in [1.29, 1.82) is 0 Å². The second-order valence-corrected chi connectivity index (χ2v) is 18.4. The SMILES string of the molecule is CC/C=C\C/C=C\C/C=C\C/C=C\C/C=C\CCCCCC(=O)OCC(COCCCCCCCC/C=C\CCCCCCCC)OC(=O)CCCCCCCCC/C=C\C/C=C\C/C=C\CC. The third kappa shape index (κ3) is 55.2. The van der Waals surface area contributed by atoms with Gasteiger partial charge in [-0.05, 0) is 122 Å². The van der Waals surface area contributed by atoms with Gasteiger partial charge in [0.1, 0.15) is 6.61 Å². The molecular formula is C63H106O5. The van der Waals surface area contributed by atoms with E-state index in [9.17, 15) is 9.59 Å². The molecule has 1 unspecified atom stereocenters. The lowest BCUT2D eigenvalue weighted by Crippen LogP contribution is -2.30. The Kier molecular flexibility index (Phi) is 54.9. The fourth-order valence-electron chi connectivity index (χ4n) is 7.60. The molecule has 0 aliphatic heterocycles. The maximum atomic E-state index is 12.9. The van der Waals surface area contributed by atoms with Crippen LogP contribution in [0, 0.1) is 0 Å². The highest BCUT2D eigenvalue weighted by molar-refractivity contribution is 5.70. The maximum absolute atomic E-state index is 12.9. The van der Waals surface area contributed by atoms with E-state index in [-0.39, 0.29) is 25.2 Å². The molecule has 5 nitrogen and oxygen atoms in total. The first kappa shape index (κ1) is 64.6. The van der Waals surface area contributed by atoms with Crippen LogP contribution in [0.1, 0.15) is 252 Å². The lowest BCUT2D eigenvalue weighted by Gasteiger charge is -2.18. The van der Waals surface area contributed by atoms with Gasteiger partial charge < -0.3 is 14.2 Å². The van der Waals surface area contributed by atoms with E-state index in [1.165, 1.54) is 103 Å². The standard InChI is InChI=1S/C63H106O5/c1-4-7-10-13-16-19-22-25-28-31-32-34-35-38-41-44-47-50-53-56-62(64)67-60-61(59-66-58-55-52-49-46-43-40-37-30-27-24-21-18-15-12-9-6-3)68-63(65)57-54-51-48-45-42-39-36-33-29-26-23-20-17-14-11-8-5-2/h7-8,10-11,16-17,19-20,25-30,32,34,38,41,61H,4-6,9,12-15,18,21-24,31,33,35-37,39-40,42-60H2,1-3H3/b10-7-,11-8-,19-16-,20-17-,28-25-,29-26-,30-27-,34-32-,41-38-. The molecule has 0 aliphatic carbocycles. The van der Waals surface area contributed by atoms with Crippen LogP contribution in [0.25, 0.3) is 0 Å². The van der Waals surface area contributed by atoms with E-state index in [0.717, 1.165) is 116 Å². The van der Waals surface area contributed by atoms with Crippen molar-refractivity contribution in [3.05, 3.63) is 109 Å². The summed E-state index contributed by atoms with van der Waals surface area (Å²) in [4.78, 5) is 25.5. The lowest BCUT2D eigenvalue weighted by molar-refractivity contribution is -0.163. The molecule has 0 aromatic carbocycles. The number of allylic oxidation sites excluding steroid dienone is 18. The molecule has 388 valence electrons. The maximum Gasteiger partial charge on any atom is 0.306 e. The molecule has 0 aliphatic rings. The number of unbranched alkanes of at least 4 members (excludes halogenated alkanes) is 22. The van der Waals surface area contributed by atoms with Gasteiger partial charge in [-0.15, -0.1) is 0 Å². The predicted octanol–water partition coefficient (Wildman–Crippen LogP) is 19.6. The minimum Gasteiger partial charge on any atom is -0.462 e. The van der Waals surface area contributed by atoms with Gasteiger partial charge in [0.15, 0.2) is 6.10 Å². The molecule has 0 aromatic rings. The fourth-order valence-corrected chi connectivity index (χ4v) is 7.60. The van der Waals surface area contributed by atoms with Gasteiger partial charge in [0.2, 0.25) is 0 Å². The molecule has 0 saturated carbocycles. The largest absolute Gasteiger partial charge is 0.462 e. The molecule has 0 fully saturated rings. The Hall–Kier alpha value is -3.44. The van der Waals surface area contributed by atoms with Crippen LogP contribution in [0.3, 0.4) is 0 Å². The Morgan fingerprint density at radius 3 is 1.09 bits per heavy atom. The van der Waals surface area contributed by atoms with Gasteiger partial charge in [-0.3, -0.25) is 9.59 Å². The van der Waals surface area contributed by atoms with E-state index in [2.05, 4.69) is 130 Å². The number of carbonyl (C=O) groups is 2. The van der Waals surface area contributed by atoms with Crippen molar-refractivity contribution in [3.63, 3.8) is 0 Å². The zero-order valence-electron chi connectivity index (χ0n) is 44.6. The van der Waals surface area contributed by atoms with Gasteiger partial charge in [0.25, 0.3) is 0 Å². The van der Waals surface area contributed by atoms with Crippen LogP contribution >= 0.6 is 0 Å². The van der Waals surface area contributed by atoms with Crippen molar-refractivity contribution in [2.75, 3.05) is 19.8 Å². The third-order valence-electron chi connectivity index (χ3n) is 11.8. The number of esters is 2. The van der Waals surface area contributed by atoms with Gasteiger partial charge in [-0.2, -0.15) is 0 Å². The molecule has 1 atom stereocenters. The summed E-state index contributed by atoms with van der Waals surface area (Å²) in [6.45, 7) is 7.55. The van der Waals surface area contributed by atoms with E-state index in [0.29, 0.717) is 19.4 Å². The number of hydrogen-bond donors (Lipinski definition) is 0. The average molecular weight is 944 g/mol. The van der Waals surface area contributed by atoms with E-state index < -0.39 is 6.10 Å². The lowest BCUT2D eigenvalue weighted by atomic mass is 10.1. The molecule has 0 N–H and O–H groups in total. The number of ether oxygens (including phenoxy) is 3. The number of rotatable bonds is 51. The molecule has 0 radical (unpaired) electrons. The molecule has 0 rings (SSSR count). The summed E-state index contributed by atoms with van der Waals surface area (Å²) >= 11 is 0. The molecule has 68 heavy (non-hydrogen) atoms. The highest BCUT2D eigenvalue weighted by atomic mass is 16.6. The van der Waals surface area contributed by atoms with Crippen molar-refractivity contribution < 1.29 is 23.8 Å². The fraction of sp³-hybridized carbons (Fsp3) is 0.683. The molecule has 5 heteroatoms. The topological polar surface area (TPSA) is 61.8 Å². The molecular weight excluding hydrogens is 837 g/mol. The molecule has 0 spiro atoms. The van der Waals surface area contributed by atoms with E-state index >= 15 is 0 Å². The number of hydrogen-bond acceptors (Lipinski definition) is 5. The van der Waals surface area contributed by atoms with Crippen LogP contribution in [-0.2, 0) is 23.8 Å². The van der Waals surface area contributed by atoms with Gasteiger partial charge in [-0.1, -0.05) is 226 Å². The Balaban J connectivity index is 4.38. The normalized spacial score (nSPS) is 13.0. The van der Waals surface area contributed by atoms with Crippen molar-refractivity contribution >= 4 is 11.9 Å². The van der Waals surface area contributed by atoms with Gasteiger partial charge in [0, 0.05) is 19.4 Å². The van der Waals surface area contributed by atoms with E-state index in [1.54, 1.807) is 0 Å². The summed E-state index contributed by atoms with van der Waals surface area (Å²) in [6.07, 6.45) is 79.6. The van der Waals surface area contributed by atoms with Gasteiger partial charge in [0.05, 0.1) is 6.61 Å². The molecule has 0 bridgehead atoms. The van der Waals surface area contributed by atoms with Crippen molar-refractivity contribution in [3.8, 4) is 0 Å². The summed E-state index contributed by atoms with van der Waals surface area (Å²) in [7, 11) is 0. The summed E-state index contributed by atoms with van der Waals surface area (Å²) in [6, 6.07) is 0. The number of carbonyl (C=O) groups excluding carboxylic acids is 2. The molecule has 0 heterocycles. The van der Waals surface area contributed by atoms with Crippen LogP contribution in [-0.4, -0.2) is 37.9 Å². The van der Waals surface area contributed by atoms with Gasteiger partial charge in [-0.25, -0.2) is 0 Å². The van der Waals surface area contributed by atoms with Crippen molar-refractivity contribution in [2.24, 2.45) is 0 Å². The van der Waals surface area contributed by atoms with Crippen LogP contribution in [0.2, 0.25) is 0 Å². The highest BCUT2D eigenvalue weighted by Gasteiger charge is 2.17. The predicted molar refractivity (Wildman–Crippen MR) is 297 cm³/mol. The first-order valence-electron chi connectivity index (χ1n) is 28.4. The molecule has 0 aromatic heterocycles. The summed E-state index contributed by atoms with van der Waals surface area (Å²) in [5.74, 6) is -0.450. The second-order valence-electron chi connectivity index (χ2n) is 18.4. The minimum absolute atomic E-state index is 0.0561. The van der Waals surface area contributed by atoms with Crippen LogP contribution < -0.4 is 0 Å². The van der Waals surface area contributed by atoms with Crippen molar-refractivity contribution in [2.45, 2.75) is 258 Å². The molecule has 0 saturated heterocycles. The Morgan fingerprint density at radius 2 is 0.662 bits per heavy atom. The minimum atomic E-state index is -0.566. The Morgan fingerprint density at radius 1 is 0.338 bits per heavy atom. The Labute approximate surface area is 421 Å². The third-order valence-corrected chi connectivity index (χ3v) is 11.8. The highest BCUT2D eigenvalue weighted by Crippen LogP contribution is 2.14. The first-order chi connectivity index (χ1) is 33.6. The quantitative estimate of drug-likeness (QED) is 0.0345. The monoisotopic (exact) mass is 943 g/mol. The summed E-state index contributed by atoms with van der Waals surface area (Å²) in [5.41, 5.74) is 0. The Bertz CT molecular complexity index is 1340. The molecule has 0 amide bonds. The van der Waals surface area contributed by atoms with E-state index in [1.807, 2.05) is 0 Å².